The lowest BCUT2D eigenvalue weighted by Gasteiger charge is -2.22. The molecule has 0 saturated carbocycles. The van der Waals surface area contributed by atoms with Crippen LogP contribution in [-0.2, 0) is 11.3 Å². The van der Waals surface area contributed by atoms with Crippen LogP contribution < -0.4 is 10.6 Å². The molecule has 152 valence electrons. The number of amides is 2. The second-order valence-electron chi connectivity index (χ2n) is 6.77. The number of aromatic nitrogens is 2. The number of allylic oxidation sites excluding steroid dienone is 1. The zero-order chi connectivity index (χ0) is 21.0. The zero-order valence-corrected chi connectivity index (χ0v) is 16.3. The number of hydrogen-bond donors (Lipinski definition) is 3. The lowest BCUT2D eigenvalue weighted by atomic mass is 10.1. The molecule has 1 aromatic carbocycles. The van der Waals surface area contributed by atoms with E-state index in [1.165, 1.54) is 9.58 Å². The molecule has 1 aromatic heterocycles. The zero-order valence-electron chi connectivity index (χ0n) is 16.3. The summed E-state index contributed by atoms with van der Waals surface area (Å²) in [6.07, 6.45) is 3.28. The fraction of sp³-hybridized carbons (Fsp3) is 0.300. The van der Waals surface area contributed by atoms with E-state index in [1.54, 1.807) is 20.3 Å². The van der Waals surface area contributed by atoms with Crippen molar-refractivity contribution >= 4 is 17.5 Å². The predicted molar refractivity (Wildman–Crippen MR) is 106 cm³/mol. The average molecular weight is 398 g/mol. The van der Waals surface area contributed by atoms with Gasteiger partial charge in [-0.3, -0.25) is 14.3 Å². The summed E-state index contributed by atoms with van der Waals surface area (Å²) in [5.41, 5.74) is 1.28. The van der Waals surface area contributed by atoms with Gasteiger partial charge in [0.15, 0.2) is 11.5 Å². The van der Waals surface area contributed by atoms with Gasteiger partial charge in [-0.25, -0.2) is 4.39 Å². The Morgan fingerprint density at radius 2 is 2.10 bits per heavy atom. The molecule has 1 aliphatic heterocycles. The molecule has 2 heterocycles. The molecule has 3 N–H and O–H groups in total. The summed E-state index contributed by atoms with van der Waals surface area (Å²) in [4.78, 5) is 26.6. The number of hydrogen-bond acceptors (Lipinski definition) is 5. The molecule has 0 unspecified atom stereocenters. The van der Waals surface area contributed by atoms with Crippen LogP contribution in [-0.4, -0.2) is 52.3 Å². The molecular formula is C20H23FN6O2. The molecule has 1 aliphatic rings. The standard InChI is InChI=1S/C20H23FN6O2/c1-23-10-17-15(22)8-9-16(20(29)26(17)2)24-19(28)18-14(21)12-27(25-18)11-13-6-4-3-5-7-13/h3-7,10,12,16,22-23H,8-9,11H2,1-2H3,(H,24,28)/b17-10+,22-15?/t16-/m0/s1. The quantitative estimate of drug-likeness (QED) is 0.710. The van der Waals surface area contributed by atoms with Crippen molar-refractivity contribution in [3.8, 4) is 0 Å². The van der Waals surface area contributed by atoms with Crippen molar-refractivity contribution in [3.63, 3.8) is 0 Å². The molecule has 2 aromatic rings. The van der Waals surface area contributed by atoms with Crippen LogP contribution in [0.5, 0.6) is 0 Å². The highest BCUT2D eigenvalue weighted by Gasteiger charge is 2.32. The first-order chi connectivity index (χ1) is 13.9. The maximum absolute atomic E-state index is 14.3. The van der Waals surface area contributed by atoms with Gasteiger partial charge in [0.05, 0.1) is 24.2 Å². The summed E-state index contributed by atoms with van der Waals surface area (Å²) in [5, 5.41) is 17.5. The largest absolute Gasteiger partial charge is 0.392 e. The number of likely N-dealkylation sites (tertiary alicyclic amines) is 1. The van der Waals surface area contributed by atoms with Crippen LogP contribution in [0.25, 0.3) is 0 Å². The Labute approximate surface area is 167 Å². The Morgan fingerprint density at radius 1 is 1.38 bits per heavy atom. The summed E-state index contributed by atoms with van der Waals surface area (Å²) in [7, 11) is 3.22. The van der Waals surface area contributed by atoms with E-state index in [1.807, 2.05) is 30.3 Å². The van der Waals surface area contributed by atoms with E-state index in [0.29, 0.717) is 18.7 Å². The summed E-state index contributed by atoms with van der Waals surface area (Å²) < 4.78 is 15.7. The SMILES string of the molecule is CN/C=C1\C(=N)CC[C@H](NC(=O)c2nn(Cc3ccccc3)cc2F)C(=O)N1C. The number of carbonyl (C=O) groups excluding carboxylic acids is 2. The molecule has 0 aliphatic carbocycles. The molecule has 0 bridgehead atoms. The Hall–Kier alpha value is -3.49. The van der Waals surface area contributed by atoms with Gasteiger partial charge < -0.3 is 20.9 Å². The Bertz CT molecular complexity index is 953. The molecule has 1 saturated heterocycles. The summed E-state index contributed by atoms with van der Waals surface area (Å²) >= 11 is 0. The third-order valence-electron chi connectivity index (χ3n) is 4.69. The van der Waals surface area contributed by atoms with Crippen LogP contribution in [0.2, 0.25) is 0 Å². The van der Waals surface area contributed by atoms with Crippen molar-refractivity contribution in [2.75, 3.05) is 14.1 Å². The lowest BCUT2D eigenvalue weighted by Crippen LogP contribution is -2.46. The van der Waals surface area contributed by atoms with E-state index in [9.17, 15) is 14.0 Å². The first-order valence-corrected chi connectivity index (χ1v) is 9.21. The fourth-order valence-corrected chi connectivity index (χ4v) is 3.18. The lowest BCUT2D eigenvalue weighted by molar-refractivity contribution is -0.129. The minimum absolute atomic E-state index is 0.251. The second kappa shape index (κ2) is 8.68. The van der Waals surface area contributed by atoms with Gasteiger partial charge >= 0.3 is 0 Å². The number of benzene rings is 1. The van der Waals surface area contributed by atoms with E-state index in [0.717, 1.165) is 11.8 Å². The molecule has 9 heteroatoms. The fourth-order valence-electron chi connectivity index (χ4n) is 3.18. The Balaban J connectivity index is 1.74. The summed E-state index contributed by atoms with van der Waals surface area (Å²) in [6.45, 7) is 0.325. The topological polar surface area (TPSA) is 103 Å². The summed E-state index contributed by atoms with van der Waals surface area (Å²) in [6, 6.07) is 8.50. The van der Waals surface area contributed by atoms with Gasteiger partial charge in [-0.2, -0.15) is 5.10 Å². The highest BCUT2D eigenvalue weighted by Crippen LogP contribution is 2.18. The normalized spacial score (nSPS) is 18.7. The van der Waals surface area contributed by atoms with Crippen molar-refractivity contribution in [1.82, 2.24) is 25.3 Å². The van der Waals surface area contributed by atoms with Gasteiger partial charge in [0.2, 0.25) is 5.91 Å². The number of nitrogens with zero attached hydrogens (tertiary/aromatic N) is 3. The minimum Gasteiger partial charge on any atom is -0.392 e. The van der Waals surface area contributed by atoms with Crippen LogP contribution in [0, 0.1) is 11.2 Å². The van der Waals surface area contributed by atoms with Crippen LogP contribution >= 0.6 is 0 Å². The van der Waals surface area contributed by atoms with Gasteiger partial charge in [0.1, 0.15) is 6.04 Å². The number of likely N-dealkylation sites (N-methyl/N-ethyl adjacent to an activating group) is 1. The van der Waals surface area contributed by atoms with Crippen molar-refractivity contribution in [1.29, 1.82) is 5.41 Å². The molecule has 8 nitrogen and oxygen atoms in total. The van der Waals surface area contributed by atoms with Gasteiger partial charge in [-0.05, 0) is 18.4 Å². The number of halogens is 1. The molecule has 2 amide bonds. The second-order valence-corrected chi connectivity index (χ2v) is 6.77. The van der Waals surface area contributed by atoms with E-state index < -0.39 is 17.8 Å². The molecule has 3 rings (SSSR count). The van der Waals surface area contributed by atoms with Crippen LogP contribution in [0.15, 0.2) is 48.4 Å². The monoisotopic (exact) mass is 398 g/mol. The maximum Gasteiger partial charge on any atom is 0.275 e. The van der Waals surface area contributed by atoms with Crippen molar-refractivity contribution in [2.24, 2.45) is 0 Å². The van der Waals surface area contributed by atoms with Crippen LogP contribution in [0.4, 0.5) is 4.39 Å². The molecule has 1 atom stereocenters. The van der Waals surface area contributed by atoms with Gasteiger partial charge in [0, 0.05) is 20.3 Å². The number of rotatable bonds is 5. The molecule has 29 heavy (non-hydrogen) atoms. The minimum atomic E-state index is -0.866. The van der Waals surface area contributed by atoms with Crippen LogP contribution in [0.3, 0.4) is 0 Å². The predicted octanol–water partition coefficient (Wildman–Crippen LogP) is 1.50. The van der Waals surface area contributed by atoms with E-state index in [4.69, 9.17) is 5.41 Å². The van der Waals surface area contributed by atoms with Crippen molar-refractivity contribution < 1.29 is 14.0 Å². The van der Waals surface area contributed by atoms with E-state index in [2.05, 4.69) is 15.7 Å². The maximum atomic E-state index is 14.3. The first-order valence-electron chi connectivity index (χ1n) is 9.21. The molecule has 0 radical (unpaired) electrons. The third-order valence-corrected chi connectivity index (χ3v) is 4.69. The molecule has 1 fully saturated rings. The number of carbonyl (C=O) groups is 2. The highest BCUT2D eigenvalue weighted by atomic mass is 19.1. The highest BCUT2D eigenvalue weighted by molar-refractivity contribution is 6.04. The Kier molecular flexibility index (Phi) is 6.06. The van der Waals surface area contributed by atoms with Crippen molar-refractivity contribution in [3.05, 3.63) is 65.5 Å². The first kappa shape index (κ1) is 20.2. The van der Waals surface area contributed by atoms with Gasteiger partial charge in [-0.1, -0.05) is 30.3 Å². The third kappa shape index (κ3) is 4.50. The molecule has 0 spiro atoms. The van der Waals surface area contributed by atoms with E-state index >= 15 is 0 Å². The van der Waals surface area contributed by atoms with Crippen molar-refractivity contribution in [2.45, 2.75) is 25.4 Å². The van der Waals surface area contributed by atoms with Gasteiger partial charge in [-0.15, -0.1) is 0 Å². The summed E-state index contributed by atoms with van der Waals surface area (Å²) in [5.74, 6) is -1.88. The molecular weight excluding hydrogens is 375 g/mol. The van der Waals surface area contributed by atoms with E-state index in [-0.39, 0.29) is 23.7 Å². The smallest absolute Gasteiger partial charge is 0.275 e. The number of nitrogens with one attached hydrogen (secondary N) is 3. The Morgan fingerprint density at radius 3 is 2.79 bits per heavy atom. The van der Waals surface area contributed by atoms with Crippen LogP contribution in [0.1, 0.15) is 28.9 Å². The van der Waals surface area contributed by atoms with Gasteiger partial charge in [0.25, 0.3) is 5.91 Å². The average Bonchev–Trinajstić information content (AvgIpc) is 3.04.